The zero-order chi connectivity index (χ0) is 22.2. The van der Waals surface area contributed by atoms with E-state index in [4.69, 9.17) is 4.74 Å². The van der Waals surface area contributed by atoms with Crippen molar-refractivity contribution in [3.63, 3.8) is 0 Å². The van der Waals surface area contributed by atoms with E-state index >= 15 is 0 Å². The molecule has 166 valence electrons. The van der Waals surface area contributed by atoms with E-state index in [9.17, 15) is 18.0 Å². The van der Waals surface area contributed by atoms with E-state index in [0.717, 1.165) is 29.7 Å². The van der Waals surface area contributed by atoms with Gasteiger partial charge in [-0.15, -0.1) is 11.3 Å². The minimum Gasteiger partial charge on any atom is -0.497 e. The zero-order valence-corrected chi connectivity index (χ0v) is 19.2. The van der Waals surface area contributed by atoms with Gasteiger partial charge in [0.1, 0.15) is 10.8 Å². The van der Waals surface area contributed by atoms with Crippen LogP contribution in [0.3, 0.4) is 0 Å². The predicted octanol–water partition coefficient (Wildman–Crippen LogP) is 3.05. The number of hydrogen-bond donors (Lipinski definition) is 2. The fraction of sp³-hybridized carbons (Fsp3) is 0.455. The van der Waals surface area contributed by atoms with Crippen molar-refractivity contribution in [2.75, 3.05) is 23.9 Å². The van der Waals surface area contributed by atoms with Crippen LogP contribution in [0.5, 0.6) is 5.75 Å². The third-order valence-electron chi connectivity index (χ3n) is 5.87. The van der Waals surface area contributed by atoms with Crippen LogP contribution in [0.25, 0.3) is 0 Å². The fourth-order valence-corrected chi connectivity index (χ4v) is 7.26. The Balaban J connectivity index is 1.62. The van der Waals surface area contributed by atoms with Crippen molar-refractivity contribution in [1.82, 2.24) is 5.32 Å². The summed E-state index contributed by atoms with van der Waals surface area (Å²) >= 11 is 1.44. The molecule has 9 heteroatoms. The monoisotopic (exact) mass is 462 g/mol. The second-order valence-corrected chi connectivity index (χ2v) is 11.6. The first-order chi connectivity index (χ1) is 14.8. The number of anilines is 1. The first-order valence-corrected chi connectivity index (χ1v) is 13.0. The summed E-state index contributed by atoms with van der Waals surface area (Å²) in [4.78, 5) is 27.2. The Kier molecular flexibility index (Phi) is 6.07. The summed E-state index contributed by atoms with van der Waals surface area (Å²) in [7, 11) is -1.56. The van der Waals surface area contributed by atoms with Crippen molar-refractivity contribution in [2.45, 2.75) is 38.6 Å². The standard InChI is InChI=1S/C22H26N2O5S2/c1-13-6-7-17-18(10-13)30-22(24-20(25)14-4-3-5-16(11-14)29-2)19(17)21(26)23-15-8-9-31(27,28)12-15/h3-5,11,13,15H,6-10,12H2,1-2H3,(H,23,26)(H,24,25). The summed E-state index contributed by atoms with van der Waals surface area (Å²) in [6.07, 6.45) is 3.04. The number of amides is 2. The average Bonchev–Trinajstić information content (AvgIpc) is 3.26. The second kappa shape index (κ2) is 8.63. The molecule has 0 bridgehead atoms. The molecule has 0 saturated carbocycles. The van der Waals surface area contributed by atoms with Gasteiger partial charge in [-0.3, -0.25) is 9.59 Å². The highest BCUT2D eigenvalue weighted by atomic mass is 32.2. The summed E-state index contributed by atoms with van der Waals surface area (Å²) in [6.45, 7) is 2.18. The molecule has 7 nitrogen and oxygen atoms in total. The van der Waals surface area contributed by atoms with Crippen molar-refractivity contribution in [3.05, 3.63) is 45.8 Å². The van der Waals surface area contributed by atoms with Crippen LogP contribution in [0.2, 0.25) is 0 Å². The minimum absolute atomic E-state index is 0.0341. The van der Waals surface area contributed by atoms with Crippen LogP contribution in [-0.4, -0.2) is 44.9 Å². The third-order valence-corrected chi connectivity index (χ3v) is 8.80. The molecule has 0 radical (unpaired) electrons. The Morgan fingerprint density at radius 2 is 2.00 bits per heavy atom. The highest BCUT2D eigenvalue weighted by Gasteiger charge is 2.33. The lowest BCUT2D eigenvalue weighted by Crippen LogP contribution is -2.36. The van der Waals surface area contributed by atoms with Crippen LogP contribution in [0, 0.1) is 5.92 Å². The Hall–Kier alpha value is -2.39. The summed E-state index contributed by atoms with van der Waals surface area (Å²) in [5.74, 6) is 0.527. The molecule has 2 aliphatic rings. The van der Waals surface area contributed by atoms with E-state index in [2.05, 4.69) is 17.6 Å². The second-order valence-electron chi connectivity index (χ2n) is 8.32. The lowest BCUT2D eigenvalue weighted by Gasteiger charge is -2.19. The zero-order valence-electron chi connectivity index (χ0n) is 17.6. The molecular weight excluding hydrogens is 436 g/mol. The normalized spacial score (nSPS) is 21.9. The number of rotatable bonds is 5. The Morgan fingerprint density at radius 3 is 2.71 bits per heavy atom. The van der Waals surface area contributed by atoms with Crippen LogP contribution in [0.1, 0.15) is 50.9 Å². The molecule has 2 heterocycles. The first kappa shape index (κ1) is 21.8. The largest absolute Gasteiger partial charge is 0.497 e. The van der Waals surface area contributed by atoms with Gasteiger partial charge in [0.15, 0.2) is 9.84 Å². The Bertz CT molecular complexity index is 1120. The number of methoxy groups -OCH3 is 1. The summed E-state index contributed by atoms with van der Waals surface area (Å²) < 4.78 is 28.8. The SMILES string of the molecule is COc1cccc(C(=O)Nc2sc3c(c2C(=O)NC2CCS(=O)(=O)C2)CCC(C)C3)c1. The quantitative estimate of drug-likeness (QED) is 0.711. The number of carbonyl (C=O) groups is 2. The van der Waals surface area contributed by atoms with Gasteiger partial charge in [-0.25, -0.2) is 8.42 Å². The number of fused-ring (bicyclic) bond motifs is 1. The molecule has 1 saturated heterocycles. The van der Waals surface area contributed by atoms with Crippen LogP contribution in [0.4, 0.5) is 5.00 Å². The smallest absolute Gasteiger partial charge is 0.256 e. The van der Waals surface area contributed by atoms with E-state index in [1.165, 1.54) is 18.4 Å². The molecular formula is C22H26N2O5S2. The first-order valence-electron chi connectivity index (χ1n) is 10.4. The Morgan fingerprint density at radius 1 is 1.19 bits per heavy atom. The van der Waals surface area contributed by atoms with Gasteiger partial charge in [-0.2, -0.15) is 0 Å². The maximum Gasteiger partial charge on any atom is 0.256 e. The minimum atomic E-state index is -3.10. The number of sulfone groups is 1. The van der Waals surface area contributed by atoms with Crippen molar-refractivity contribution in [1.29, 1.82) is 0 Å². The summed E-state index contributed by atoms with van der Waals surface area (Å²) in [6, 6.07) is 6.45. The van der Waals surface area contributed by atoms with E-state index < -0.39 is 15.9 Å². The fourth-order valence-electron chi connectivity index (χ4n) is 4.19. The number of thiophene rings is 1. The highest BCUT2D eigenvalue weighted by molar-refractivity contribution is 7.91. The number of benzene rings is 1. The van der Waals surface area contributed by atoms with Crippen molar-refractivity contribution < 1.29 is 22.7 Å². The van der Waals surface area contributed by atoms with Gasteiger partial charge in [-0.05, 0) is 55.4 Å². The molecule has 31 heavy (non-hydrogen) atoms. The van der Waals surface area contributed by atoms with Crippen LogP contribution < -0.4 is 15.4 Å². The number of carbonyl (C=O) groups excluding carboxylic acids is 2. The van der Waals surface area contributed by atoms with Gasteiger partial charge < -0.3 is 15.4 Å². The van der Waals surface area contributed by atoms with Crippen molar-refractivity contribution >= 4 is 38.0 Å². The Labute approximate surface area is 186 Å². The van der Waals surface area contributed by atoms with Crippen molar-refractivity contribution in [3.8, 4) is 5.75 Å². The van der Waals surface area contributed by atoms with E-state index in [1.807, 2.05) is 0 Å². The molecule has 2 amide bonds. The molecule has 1 aromatic heterocycles. The lowest BCUT2D eigenvalue weighted by atomic mass is 9.88. The maximum absolute atomic E-state index is 13.2. The van der Waals surface area contributed by atoms with Crippen LogP contribution >= 0.6 is 11.3 Å². The molecule has 1 aliphatic heterocycles. The average molecular weight is 463 g/mol. The molecule has 2 aromatic rings. The molecule has 2 unspecified atom stereocenters. The third kappa shape index (κ3) is 4.77. The maximum atomic E-state index is 13.2. The molecule has 1 aliphatic carbocycles. The van der Waals surface area contributed by atoms with Gasteiger partial charge >= 0.3 is 0 Å². The van der Waals surface area contributed by atoms with Crippen LogP contribution in [0.15, 0.2) is 24.3 Å². The van der Waals surface area contributed by atoms with E-state index in [1.54, 1.807) is 24.3 Å². The summed E-state index contributed by atoms with van der Waals surface area (Å²) in [5, 5.41) is 6.32. The topological polar surface area (TPSA) is 102 Å². The molecule has 1 fully saturated rings. The number of hydrogen-bond acceptors (Lipinski definition) is 6. The summed E-state index contributed by atoms with van der Waals surface area (Å²) in [5.41, 5.74) is 1.89. The van der Waals surface area contributed by atoms with Crippen molar-refractivity contribution in [2.24, 2.45) is 5.92 Å². The van der Waals surface area contributed by atoms with Gasteiger partial charge in [-0.1, -0.05) is 13.0 Å². The van der Waals surface area contributed by atoms with Gasteiger partial charge in [0, 0.05) is 16.5 Å². The number of nitrogens with one attached hydrogen (secondary N) is 2. The molecule has 0 spiro atoms. The van der Waals surface area contributed by atoms with Gasteiger partial charge in [0.05, 0.1) is 24.2 Å². The van der Waals surface area contributed by atoms with Crippen LogP contribution in [-0.2, 0) is 22.7 Å². The predicted molar refractivity (Wildman–Crippen MR) is 121 cm³/mol. The number of ether oxygens (including phenoxy) is 1. The lowest BCUT2D eigenvalue weighted by molar-refractivity contribution is 0.0941. The van der Waals surface area contributed by atoms with E-state index in [-0.39, 0.29) is 23.3 Å². The van der Waals surface area contributed by atoms with Gasteiger partial charge in [0.2, 0.25) is 0 Å². The molecule has 4 rings (SSSR count). The molecule has 2 atom stereocenters. The van der Waals surface area contributed by atoms with E-state index in [0.29, 0.717) is 34.2 Å². The highest BCUT2D eigenvalue weighted by Crippen LogP contribution is 2.40. The van der Waals surface area contributed by atoms with Gasteiger partial charge in [0.25, 0.3) is 11.8 Å². The molecule has 1 aromatic carbocycles. The molecule has 2 N–H and O–H groups in total.